The number of rotatable bonds is 4. The fourth-order valence-electron chi connectivity index (χ4n) is 1.30. The third kappa shape index (κ3) is 8.46. The summed E-state index contributed by atoms with van der Waals surface area (Å²) < 4.78 is 9.52. The molecule has 1 unspecified atom stereocenters. The van der Waals surface area contributed by atoms with Gasteiger partial charge in [0.2, 0.25) is 0 Å². The molecule has 0 radical (unpaired) electrons. The van der Waals surface area contributed by atoms with E-state index in [9.17, 15) is 4.79 Å². The molecule has 0 heterocycles. The number of hydrogen-bond acceptors (Lipinski definition) is 4. The van der Waals surface area contributed by atoms with Crippen molar-refractivity contribution in [3.05, 3.63) is 28.8 Å². The highest BCUT2D eigenvalue weighted by atomic mass is 35.5. The summed E-state index contributed by atoms with van der Waals surface area (Å²) in [6.07, 6.45) is 0.900. The van der Waals surface area contributed by atoms with Crippen LogP contribution >= 0.6 is 11.6 Å². The molecule has 1 rings (SSSR count). The molecule has 0 saturated carbocycles. The first kappa shape index (κ1) is 17.7. The Labute approximate surface area is 119 Å². The molecule has 0 amide bonds. The smallest absolute Gasteiger partial charge is 0.302 e. The second-order valence-corrected chi connectivity index (χ2v) is 4.36. The van der Waals surface area contributed by atoms with Gasteiger partial charge < -0.3 is 14.6 Å². The van der Waals surface area contributed by atoms with Crippen LogP contribution in [-0.2, 0) is 20.7 Å². The Morgan fingerprint density at radius 2 is 2.11 bits per heavy atom. The average molecular weight is 289 g/mol. The number of methoxy groups -OCH3 is 1. The van der Waals surface area contributed by atoms with Crippen molar-refractivity contribution >= 4 is 17.6 Å². The van der Waals surface area contributed by atoms with Crippen LogP contribution in [0.5, 0.6) is 5.75 Å². The van der Waals surface area contributed by atoms with Gasteiger partial charge in [-0.15, -0.1) is 0 Å². The Hall–Kier alpha value is -1.26. The molecule has 1 N–H and O–H groups in total. The van der Waals surface area contributed by atoms with Gasteiger partial charge in [-0.3, -0.25) is 4.79 Å². The lowest BCUT2D eigenvalue weighted by molar-refractivity contribution is -0.140. The number of halogens is 1. The summed E-state index contributed by atoms with van der Waals surface area (Å²) in [5, 5.41) is 9.70. The molecule has 0 aromatic heterocycles. The SMILES string of the molecule is CCOC(C)=O.COC(C)Cc1ccc(O)cc1Cl. The minimum absolute atomic E-state index is 0.141. The van der Waals surface area contributed by atoms with Crippen LogP contribution in [0.25, 0.3) is 0 Å². The number of hydrogen-bond donors (Lipinski definition) is 1. The quantitative estimate of drug-likeness (QED) is 0.865. The monoisotopic (exact) mass is 288 g/mol. The number of phenols is 1. The maximum absolute atomic E-state index is 9.82. The molecule has 5 heteroatoms. The Bertz CT molecular complexity index is 393. The van der Waals surface area contributed by atoms with Crippen LogP contribution in [0.4, 0.5) is 0 Å². The van der Waals surface area contributed by atoms with Gasteiger partial charge in [0.1, 0.15) is 5.75 Å². The zero-order valence-corrected chi connectivity index (χ0v) is 12.5. The largest absolute Gasteiger partial charge is 0.508 e. The molecule has 4 nitrogen and oxygen atoms in total. The normalized spacial score (nSPS) is 11.2. The van der Waals surface area contributed by atoms with Crippen molar-refractivity contribution in [3.63, 3.8) is 0 Å². The molecular formula is C14H21ClO4. The van der Waals surface area contributed by atoms with E-state index in [0.29, 0.717) is 11.6 Å². The van der Waals surface area contributed by atoms with E-state index in [4.69, 9.17) is 21.4 Å². The van der Waals surface area contributed by atoms with E-state index in [0.717, 1.165) is 12.0 Å². The van der Waals surface area contributed by atoms with Gasteiger partial charge in [0, 0.05) is 19.1 Å². The molecule has 108 valence electrons. The van der Waals surface area contributed by atoms with Crippen molar-refractivity contribution < 1.29 is 19.4 Å². The third-order valence-electron chi connectivity index (χ3n) is 2.29. The highest BCUT2D eigenvalue weighted by Crippen LogP contribution is 2.22. The number of aromatic hydroxyl groups is 1. The Kier molecular flexibility index (Phi) is 9.00. The highest BCUT2D eigenvalue weighted by Gasteiger charge is 2.05. The summed E-state index contributed by atoms with van der Waals surface area (Å²) in [6, 6.07) is 4.98. The van der Waals surface area contributed by atoms with Crippen molar-refractivity contribution in [1.82, 2.24) is 0 Å². The molecule has 1 atom stereocenters. The Morgan fingerprint density at radius 1 is 1.47 bits per heavy atom. The molecule has 0 saturated heterocycles. The topological polar surface area (TPSA) is 55.8 Å². The molecule has 1 aromatic carbocycles. The molecule has 0 bridgehead atoms. The number of carbonyl (C=O) groups is 1. The fourth-order valence-corrected chi connectivity index (χ4v) is 1.55. The van der Waals surface area contributed by atoms with Crippen LogP contribution in [-0.4, -0.2) is 30.9 Å². The van der Waals surface area contributed by atoms with Gasteiger partial charge in [-0.05, 0) is 38.0 Å². The number of benzene rings is 1. The summed E-state index contributed by atoms with van der Waals surface area (Å²) in [6.45, 7) is 5.63. The van der Waals surface area contributed by atoms with Crippen LogP contribution in [0, 0.1) is 0 Å². The standard InChI is InChI=1S/C10H13ClO2.C4H8O2/c1-7(13-2)5-8-3-4-9(12)6-10(8)11;1-3-6-4(2)5/h3-4,6-7,12H,5H2,1-2H3;3H2,1-2H3. The third-order valence-corrected chi connectivity index (χ3v) is 2.65. The maximum atomic E-state index is 9.82. The summed E-state index contributed by atoms with van der Waals surface area (Å²) in [7, 11) is 1.67. The predicted molar refractivity (Wildman–Crippen MR) is 75.6 cm³/mol. The molecule has 0 aliphatic heterocycles. The lowest BCUT2D eigenvalue weighted by atomic mass is 10.1. The first-order valence-electron chi connectivity index (χ1n) is 6.04. The molecule has 0 spiro atoms. The number of ether oxygens (including phenoxy) is 2. The highest BCUT2D eigenvalue weighted by molar-refractivity contribution is 6.31. The summed E-state index contributed by atoms with van der Waals surface area (Å²) in [5.74, 6) is -0.0173. The number of carbonyl (C=O) groups excluding carboxylic acids is 1. The minimum atomic E-state index is -0.211. The van der Waals surface area contributed by atoms with Crippen molar-refractivity contribution in [2.45, 2.75) is 33.3 Å². The summed E-state index contributed by atoms with van der Waals surface area (Å²) in [4.78, 5) is 9.82. The van der Waals surface area contributed by atoms with E-state index in [1.807, 2.05) is 13.0 Å². The minimum Gasteiger partial charge on any atom is -0.508 e. The van der Waals surface area contributed by atoms with E-state index >= 15 is 0 Å². The molecule has 0 aliphatic carbocycles. The van der Waals surface area contributed by atoms with Crippen LogP contribution in [0.1, 0.15) is 26.3 Å². The van der Waals surface area contributed by atoms with Crippen LogP contribution < -0.4 is 0 Å². The van der Waals surface area contributed by atoms with Crippen LogP contribution in [0.3, 0.4) is 0 Å². The van der Waals surface area contributed by atoms with Gasteiger partial charge in [-0.25, -0.2) is 0 Å². The van der Waals surface area contributed by atoms with Crippen LogP contribution in [0.15, 0.2) is 18.2 Å². The molecule has 1 aromatic rings. The van der Waals surface area contributed by atoms with Gasteiger partial charge in [0.25, 0.3) is 0 Å². The van der Waals surface area contributed by atoms with E-state index in [2.05, 4.69) is 4.74 Å². The fraction of sp³-hybridized carbons (Fsp3) is 0.500. The maximum Gasteiger partial charge on any atom is 0.302 e. The van der Waals surface area contributed by atoms with Crippen molar-refractivity contribution in [1.29, 1.82) is 0 Å². The second kappa shape index (κ2) is 9.64. The van der Waals surface area contributed by atoms with Crippen molar-refractivity contribution in [3.8, 4) is 5.75 Å². The van der Waals surface area contributed by atoms with Crippen LogP contribution in [0.2, 0.25) is 5.02 Å². The molecule has 19 heavy (non-hydrogen) atoms. The van der Waals surface area contributed by atoms with Gasteiger partial charge in [-0.1, -0.05) is 17.7 Å². The Balaban J connectivity index is 0.000000459. The van der Waals surface area contributed by atoms with Gasteiger partial charge in [0.15, 0.2) is 0 Å². The van der Waals surface area contributed by atoms with E-state index in [1.165, 1.54) is 6.92 Å². The Morgan fingerprint density at radius 3 is 2.47 bits per heavy atom. The van der Waals surface area contributed by atoms with Crippen molar-refractivity contribution in [2.75, 3.05) is 13.7 Å². The molecule has 0 aliphatic rings. The zero-order valence-electron chi connectivity index (χ0n) is 11.8. The molecular weight excluding hydrogens is 268 g/mol. The second-order valence-electron chi connectivity index (χ2n) is 3.95. The summed E-state index contributed by atoms with van der Waals surface area (Å²) >= 11 is 5.92. The van der Waals surface area contributed by atoms with Gasteiger partial charge >= 0.3 is 5.97 Å². The van der Waals surface area contributed by atoms with Crippen molar-refractivity contribution in [2.24, 2.45) is 0 Å². The predicted octanol–water partition coefficient (Wildman–Crippen LogP) is 3.19. The lowest BCUT2D eigenvalue weighted by Crippen LogP contribution is -2.08. The average Bonchev–Trinajstić information content (AvgIpc) is 2.33. The molecule has 0 fully saturated rings. The summed E-state index contributed by atoms with van der Waals surface area (Å²) in [5.41, 5.74) is 0.994. The zero-order chi connectivity index (χ0) is 14.8. The van der Waals surface area contributed by atoms with E-state index < -0.39 is 0 Å². The van der Waals surface area contributed by atoms with Gasteiger partial charge in [0.05, 0.1) is 12.7 Å². The lowest BCUT2D eigenvalue weighted by Gasteiger charge is -2.10. The van der Waals surface area contributed by atoms with E-state index in [1.54, 1.807) is 26.2 Å². The van der Waals surface area contributed by atoms with Gasteiger partial charge in [-0.2, -0.15) is 0 Å². The first-order valence-corrected chi connectivity index (χ1v) is 6.42. The number of phenolic OH excluding ortho intramolecular Hbond substituents is 1. The first-order chi connectivity index (χ1) is 8.90. The van der Waals surface area contributed by atoms with E-state index in [-0.39, 0.29) is 17.8 Å². The number of esters is 1.